The van der Waals surface area contributed by atoms with E-state index in [0.717, 1.165) is 30.3 Å². The van der Waals surface area contributed by atoms with Crippen molar-refractivity contribution >= 4 is 22.8 Å². The van der Waals surface area contributed by atoms with Crippen molar-refractivity contribution in [1.29, 1.82) is 0 Å². The second-order valence-corrected chi connectivity index (χ2v) is 7.01. The third-order valence-corrected chi connectivity index (χ3v) is 5.07. The highest BCUT2D eigenvalue weighted by atomic mass is 19.4. The molecule has 3 aromatic rings. The molecule has 0 aliphatic heterocycles. The Morgan fingerprint density at radius 1 is 1.14 bits per heavy atom. The maximum absolute atomic E-state index is 13.4. The number of alkyl halides is 3. The number of benzene rings is 1. The number of para-hydroxylation sites is 2. The van der Waals surface area contributed by atoms with Crippen molar-refractivity contribution in [2.75, 3.05) is 5.32 Å². The number of halogens is 3. The van der Waals surface area contributed by atoms with Gasteiger partial charge in [0.2, 0.25) is 11.7 Å². The van der Waals surface area contributed by atoms with Crippen molar-refractivity contribution in [3.63, 3.8) is 0 Å². The van der Waals surface area contributed by atoms with Crippen molar-refractivity contribution in [1.82, 2.24) is 19.3 Å². The molecule has 9 heteroatoms. The Kier molecular flexibility index (Phi) is 4.82. The van der Waals surface area contributed by atoms with Gasteiger partial charge in [0, 0.05) is 6.07 Å². The van der Waals surface area contributed by atoms with Gasteiger partial charge in [-0.2, -0.15) is 18.3 Å². The summed E-state index contributed by atoms with van der Waals surface area (Å²) in [5.74, 6) is -1.12. The Bertz CT molecular complexity index is 985. The first-order chi connectivity index (χ1) is 13.4. The zero-order valence-electron chi connectivity index (χ0n) is 15.1. The molecule has 6 nitrogen and oxygen atoms in total. The molecular formula is C19H20F3N5O. The molecule has 1 fully saturated rings. The number of nitrogens with one attached hydrogen (secondary N) is 1. The molecule has 1 N–H and O–H groups in total. The zero-order valence-corrected chi connectivity index (χ0v) is 15.1. The number of rotatable bonds is 4. The first-order valence-corrected chi connectivity index (χ1v) is 9.29. The minimum atomic E-state index is -4.65. The van der Waals surface area contributed by atoms with Crippen molar-refractivity contribution in [3.05, 3.63) is 42.4 Å². The summed E-state index contributed by atoms with van der Waals surface area (Å²) in [7, 11) is 0. The van der Waals surface area contributed by atoms with Gasteiger partial charge in [0.15, 0.2) is 0 Å². The minimum absolute atomic E-state index is 0.204. The highest BCUT2D eigenvalue weighted by molar-refractivity contribution is 5.91. The molecule has 0 radical (unpaired) electrons. The van der Waals surface area contributed by atoms with Crippen molar-refractivity contribution in [3.8, 4) is 0 Å². The second kappa shape index (κ2) is 7.29. The Labute approximate surface area is 159 Å². The number of aromatic nitrogens is 4. The molecule has 1 aliphatic carbocycles. The Morgan fingerprint density at radius 3 is 2.64 bits per heavy atom. The third-order valence-electron chi connectivity index (χ3n) is 5.07. The van der Waals surface area contributed by atoms with Gasteiger partial charge in [-0.15, -0.1) is 0 Å². The predicted molar refractivity (Wildman–Crippen MR) is 97.7 cm³/mol. The van der Waals surface area contributed by atoms with Gasteiger partial charge in [0.1, 0.15) is 12.4 Å². The third kappa shape index (κ3) is 3.61. The van der Waals surface area contributed by atoms with Crippen LogP contribution in [0.3, 0.4) is 0 Å². The molecule has 1 aliphatic rings. The van der Waals surface area contributed by atoms with Gasteiger partial charge in [-0.1, -0.05) is 31.4 Å². The molecule has 0 unspecified atom stereocenters. The van der Waals surface area contributed by atoms with Crippen LogP contribution in [-0.4, -0.2) is 25.2 Å². The van der Waals surface area contributed by atoms with E-state index in [9.17, 15) is 18.0 Å². The summed E-state index contributed by atoms with van der Waals surface area (Å²) in [4.78, 5) is 16.2. The average Bonchev–Trinajstić information content (AvgIpc) is 3.27. The van der Waals surface area contributed by atoms with Gasteiger partial charge in [0.05, 0.1) is 23.3 Å². The number of hydrogen-bond donors (Lipinski definition) is 1. The summed E-state index contributed by atoms with van der Waals surface area (Å²) in [6, 6.07) is 8.13. The molecule has 0 bridgehead atoms. The van der Waals surface area contributed by atoms with Crippen LogP contribution in [0, 0.1) is 0 Å². The minimum Gasteiger partial charge on any atom is -0.311 e. The normalized spacial score (nSPS) is 15.8. The maximum atomic E-state index is 13.4. The van der Waals surface area contributed by atoms with E-state index in [1.807, 2.05) is 0 Å². The Morgan fingerprint density at radius 2 is 1.89 bits per heavy atom. The SMILES string of the molecule is O=C(Cn1c(C(F)(F)F)nc2ccccc21)Nc1ccnn1C1CCCCC1. The summed E-state index contributed by atoms with van der Waals surface area (Å²) in [5, 5.41) is 7.01. The van der Waals surface area contributed by atoms with E-state index in [-0.39, 0.29) is 17.1 Å². The molecule has 1 saturated carbocycles. The van der Waals surface area contributed by atoms with Crippen LogP contribution in [0.5, 0.6) is 0 Å². The fraction of sp³-hybridized carbons (Fsp3) is 0.421. The molecule has 148 valence electrons. The number of carbonyl (C=O) groups excluding carboxylic acids is 1. The van der Waals surface area contributed by atoms with Crippen molar-refractivity contribution in [2.45, 2.75) is 50.9 Å². The van der Waals surface area contributed by atoms with Crippen LogP contribution in [0.4, 0.5) is 19.0 Å². The van der Waals surface area contributed by atoms with Crippen LogP contribution in [0.1, 0.15) is 44.0 Å². The van der Waals surface area contributed by atoms with E-state index in [4.69, 9.17) is 0 Å². The first-order valence-electron chi connectivity index (χ1n) is 9.29. The molecular weight excluding hydrogens is 371 g/mol. The highest BCUT2D eigenvalue weighted by Crippen LogP contribution is 2.32. The largest absolute Gasteiger partial charge is 0.449 e. The maximum Gasteiger partial charge on any atom is 0.449 e. The molecule has 1 aromatic carbocycles. The lowest BCUT2D eigenvalue weighted by Crippen LogP contribution is -2.25. The van der Waals surface area contributed by atoms with E-state index in [0.29, 0.717) is 5.82 Å². The number of hydrogen-bond acceptors (Lipinski definition) is 3. The van der Waals surface area contributed by atoms with Gasteiger partial charge in [-0.25, -0.2) is 9.67 Å². The highest BCUT2D eigenvalue weighted by Gasteiger charge is 2.38. The summed E-state index contributed by atoms with van der Waals surface area (Å²) < 4.78 is 42.9. The van der Waals surface area contributed by atoms with E-state index in [1.54, 1.807) is 29.1 Å². The van der Waals surface area contributed by atoms with Crippen LogP contribution < -0.4 is 5.32 Å². The first kappa shape index (κ1) is 18.5. The van der Waals surface area contributed by atoms with E-state index in [1.165, 1.54) is 18.6 Å². The lowest BCUT2D eigenvalue weighted by atomic mass is 9.96. The van der Waals surface area contributed by atoms with Gasteiger partial charge in [0.25, 0.3) is 0 Å². The predicted octanol–water partition coefficient (Wildman–Crippen LogP) is 4.40. The standard InChI is InChI=1S/C19H20F3N5O/c20-19(21,22)18-24-14-8-4-5-9-15(14)26(18)12-17(28)25-16-10-11-23-27(16)13-6-2-1-3-7-13/h4-5,8-11,13H,1-3,6-7,12H2,(H,25,28). The summed E-state index contributed by atoms with van der Waals surface area (Å²) in [6.45, 7) is -0.481. The van der Waals surface area contributed by atoms with Crippen LogP contribution in [0.25, 0.3) is 11.0 Å². The van der Waals surface area contributed by atoms with E-state index >= 15 is 0 Å². The monoisotopic (exact) mass is 391 g/mol. The second-order valence-electron chi connectivity index (χ2n) is 7.01. The fourth-order valence-corrected chi connectivity index (χ4v) is 3.81. The smallest absolute Gasteiger partial charge is 0.311 e. The van der Waals surface area contributed by atoms with Crippen LogP contribution in [-0.2, 0) is 17.5 Å². The molecule has 0 saturated heterocycles. The van der Waals surface area contributed by atoms with Crippen molar-refractivity contribution < 1.29 is 18.0 Å². The fourth-order valence-electron chi connectivity index (χ4n) is 3.81. The summed E-state index contributed by atoms with van der Waals surface area (Å²) in [5.41, 5.74) is 0.473. The van der Waals surface area contributed by atoms with Gasteiger partial charge in [-0.3, -0.25) is 4.79 Å². The van der Waals surface area contributed by atoms with E-state index in [2.05, 4.69) is 15.4 Å². The number of anilines is 1. The Balaban J connectivity index is 1.58. The number of nitrogens with zero attached hydrogens (tertiary/aromatic N) is 4. The average molecular weight is 391 g/mol. The molecule has 0 atom stereocenters. The topological polar surface area (TPSA) is 64.7 Å². The lowest BCUT2D eigenvalue weighted by molar-refractivity contribution is -0.147. The van der Waals surface area contributed by atoms with Crippen molar-refractivity contribution in [2.24, 2.45) is 0 Å². The molecule has 1 amide bonds. The number of amides is 1. The molecule has 2 aromatic heterocycles. The molecule has 28 heavy (non-hydrogen) atoms. The van der Waals surface area contributed by atoms with Crippen LogP contribution in [0.15, 0.2) is 36.5 Å². The number of carbonyl (C=O) groups is 1. The zero-order chi connectivity index (χ0) is 19.7. The summed E-state index contributed by atoms with van der Waals surface area (Å²) in [6.07, 6.45) is 2.31. The molecule has 4 rings (SSSR count). The quantitative estimate of drug-likeness (QED) is 0.717. The van der Waals surface area contributed by atoms with Gasteiger partial charge in [-0.05, 0) is 25.0 Å². The van der Waals surface area contributed by atoms with Gasteiger partial charge >= 0.3 is 6.18 Å². The van der Waals surface area contributed by atoms with Crippen LogP contribution >= 0.6 is 0 Å². The molecule has 0 spiro atoms. The van der Waals surface area contributed by atoms with Crippen LogP contribution in [0.2, 0.25) is 0 Å². The van der Waals surface area contributed by atoms with E-state index < -0.39 is 24.5 Å². The Hall–Kier alpha value is -2.84. The lowest BCUT2D eigenvalue weighted by Gasteiger charge is -2.24. The number of fused-ring (bicyclic) bond motifs is 1. The molecule has 2 heterocycles. The van der Waals surface area contributed by atoms with Gasteiger partial charge < -0.3 is 9.88 Å². The summed E-state index contributed by atoms with van der Waals surface area (Å²) >= 11 is 0. The number of imidazole rings is 1.